The van der Waals surface area contributed by atoms with Crippen molar-refractivity contribution in [2.24, 2.45) is 0 Å². The average Bonchev–Trinajstić information content (AvgIpc) is 3.02. The predicted molar refractivity (Wildman–Crippen MR) is 84.7 cm³/mol. The minimum atomic E-state index is 0.543. The van der Waals surface area contributed by atoms with Gasteiger partial charge >= 0.3 is 0 Å². The van der Waals surface area contributed by atoms with Gasteiger partial charge in [-0.15, -0.1) is 0 Å². The van der Waals surface area contributed by atoms with Crippen LogP contribution in [0.5, 0.6) is 0 Å². The molecule has 0 bridgehead atoms. The highest BCUT2D eigenvalue weighted by molar-refractivity contribution is 5.58. The summed E-state index contributed by atoms with van der Waals surface area (Å²) in [6.07, 6.45) is 2.77. The number of nitriles is 1. The molecule has 0 aromatic carbocycles. The summed E-state index contributed by atoms with van der Waals surface area (Å²) in [4.78, 5) is 4.46. The Morgan fingerprint density at radius 3 is 2.91 bits per heavy atom. The van der Waals surface area contributed by atoms with Crippen molar-refractivity contribution in [3.63, 3.8) is 0 Å². The van der Waals surface area contributed by atoms with Crippen LogP contribution in [0.15, 0.2) is 30.5 Å². The van der Waals surface area contributed by atoms with Gasteiger partial charge in [-0.3, -0.25) is 9.08 Å². The van der Waals surface area contributed by atoms with Crippen LogP contribution in [0.2, 0.25) is 0 Å². The zero-order valence-corrected chi connectivity index (χ0v) is 12.7. The van der Waals surface area contributed by atoms with E-state index in [0.717, 1.165) is 30.9 Å². The Hall–Kier alpha value is -2.81. The Morgan fingerprint density at radius 1 is 1.32 bits per heavy atom. The Bertz CT molecular complexity index is 836. The van der Waals surface area contributed by atoms with Crippen LogP contribution in [0.3, 0.4) is 0 Å². The molecule has 0 amide bonds. The molecule has 3 aromatic rings. The van der Waals surface area contributed by atoms with Gasteiger partial charge in [-0.1, -0.05) is 6.07 Å². The van der Waals surface area contributed by atoms with Crippen molar-refractivity contribution in [3.8, 4) is 6.07 Å². The molecule has 3 aromatic heterocycles. The van der Waals surface area contributed by atoms with E-state index >= 15 is 0 Å². The molecule has 0 saturated carbocycles. The molecule has 0 fully saturated rings. The number of rotatable bonds is 5. The molecule has 0 radical (unpaired) electrons. The van der Waals surface area contributed by atoms with Crippen LogP contribution in [-0.4, -0.2) is 25.7 Å². The number of fused-ring (bicyclic) bond motifs is 1. The van der Waals surface area contributed by atoms with E-state index in [9.17, 15) is 5.26 Å². The Morgan fingerprint density at radius 2 is 2.18 bits per heavy atom. The van der Waals surface area contributed by atoms with Gasteiger partial charge in [0.25, 0.3) is 0 Å². The molecule has 0 spiro atoms. The van der Waals surface area contributed by atoms with E-state index in [4.69, 9.17) is 0 Å². The molecule has 0 atom stereocenters. The lowest BCUT2D eigenvalue weighted by molar-refractivity contribution is 0.573. The lowest BCUT2D eigenvalue weighted by Crippen LogP contribution is -2.09. The second kappa shape index (κ2) is 5.90. The molecular weight excluding hydrogens is 276 g/mol. The standard InChI is InChI=1S/C16H18N6/c1-12-10-13(2)22(20-12)9-5-7-18-16-14(11-17)21-8-4-3-6-15(21)19-16/h3-4,6,8,10,18H,5,7,9H2,1-2H3. The fourth-order valence-electron chi connectivity index (χ4n) is 2.56. The van der Waals surface area contributed by atoms with Crippen LogP contribution >= 0.6 is 0 Å². The maximum atomic E-state index is 9.31. The van der Waals surface area contributed by atoms with Gasteiger partial charge in [-0.25, -0.2) is 4.98 Å². The second-order valence-corrected chi connectivity index (χ2v) is 5.28. The number of aryl methyl sites for hydroxylation is 3. The highest BCUT2D eigenvalue weighted by Crippen LogP contribution is 2.16. The molecule has 6 heteroatoms. The summed E-state index contributed by atoms with van der Waals surface area (Å²) in [5.74, 6) is 0.641. The number of anilines is 1. The first-order valence-electron chi connectivity index (χ1n) is 7.31. The molecule has 22 heavy (non-hydrogen) atoms. The number of aromatic nitrogens is 4. The number of pyridine rings is 1. The normalized spacial score (nSPS) is 10.8. The van der Waals surface area contributed by atoms with E-state index in [1.54, 1.807) is 4.40 Å². The predicted octanol–water partition coefficient (Wildman–Crippen LogP) is 2.52. The van der Waals surface area contributed by atoms with E-state index in [-0.39, 0.29) is 0 Å². The van der Waals surface area contributed by atoms with E-state index in [1.807, 2.05) is 36.0 Å². The first-order chi connectivity index (χ1) is 10.7. The van der Waals surface area contributed by atoms with E-state index in [1.165, 1.54) is 5.69 Å². The van der Waals surface area contributed by atoms with Crippen LogP contribution < -0.4 is 5.32 Å². The number of hydrogen-bond acceptors (Lipinski definition) is 4. The zero-order chi connectivity index (χ0) is 15.5. The molecule has 0 saturated heterocycles. The van der Waals surface area contributed by atoms with Crippen LogP contribution in [0, 0.1) is 25.2 Å². The van der Waals surface area contributed by atoms with Crippen LogP contribution in [0.25, 0.3) is 5.65 Å². The van der Waals surface area contributed by atoms with Gasteiger partial charge in [0.2, 0.25) is 0 Å². The molecule has 1 N–H and O–H groups in total. The number of nitrogens with one attached hydrogen (secondary N) is 1. The second-order valence-electron chi connectivity index (χ2n) is 5.28. The molecule has 0 aliphatic rings. The van der Waals surface area contributed by atoms with Crippen molar-refractivity contribution < 1.29 is 0 Å². The van der Waals surface area contributed by atoms with Crippen LogP contribution in [-0.2, 0) is 6.54 Å². The smallest absolute Gasteiger partial charge is 0.168 e. The van der Waals surface area contributed by atoms with Crippen LogP contribution in [0.1, 0.15) is 23.5 Å². The molecule has 3 heterocycles. The molecule has 112 valence electrons. The van der Waals surface area contributed by atoms with Crippen molar-refractivity contribution >= 4 is 11.5 Å². The lowest BCUT2D eigenvalue weighted by Gasteiger charge is -2.05. The summed E-state index contributed by atoms with van der Waals surface area (Å²) < 4.78 is 3.80. The Balaban J connectivity index is 1.65. The van der Waals surface area contributed by atoms with Gasteiger partial charge in [0.05, 0.1) is 5.69 Å². The number of hydrogen-bond donors (Lipinski definition) is 1. The van der Waals surface area contributed by atoms with Gasteiger partial charge in [-0.05, 0) is 38.5 Å². The summed E-state index contributed by atoms with van der Waals surface area (Å²) in [6, 6.07) is 9.98. The van der Waals surface area contributed by atoms with E-state index in [0.29, 0.717) is 11.5 Å². The van der Waals surface area contributed by atoms with Crippen molar-refractivity contribution in [2.75, 3.05) is 11.9 Å². The van der Waals surface area contributed by atoms with Crippen LogP contribution in [0.4, 0.5) is 5.82 Å². The Kier molecular flexibility index (Phi) is 3.79. The molecule has 0 unspecified atom stereocenters. The monoisotopic (exact) mass is 294 g/mol. The molecule has 0 aliphatic heterocycles. The fourth-order valence-corrected chi connectivity index (χ4v) is 2.56. The molecule has 6 nitrogen and oxygen atoms in total. The summed E-state index contributed by atoms with van der Waals surface area (Å²) >= 11 is 0. The minimum absolute atomic E-state index is 0.543. The maximum Gasteiger partial charge on any atom is 0.168 e. The summed E-state index contributed by atoms with van der Waals surface area (Å²) in [5.41, 5.74) is 3.53. The average molecular weight is 294 g/mol. The van der Waals surface area contributed by atoms with Gasteiger partial charge in [0.1, 0.15) is 11.7 Å². The number of nitrogens with zero attached hydrogens (tertiary/aromatic N) is 5. The van der Waals surface area contributed by atoms with Gasteiger partial charge in [0.15, 0.2) is 11.5 Å². The van der Waals surface area contributed by atoms with E-state index < -0.39 is 0 Å². The first kappa shape index (κ1) is 14.1. The Labute approximate surface area is 129 Å². The lowest BCUT2D eigenvalue weighted by atomic mass is 10.3. The fraction of sp³-hybridized carbons (Fsp3) is 0.312. The van der Waals surface area contributed by atoms with Crippen molar-refractivity contribution in [2.45, 2.75) is 26.8 Å². The van der Waals surface area contributed by atoms with Crippen molar-refractivity contribution in [3.05, 3.63) is 47.5 Å². The third kappa shape index (κ3) is 2.66. The largest absolute Gasteiger partial charge is 0.368 e. The van der Waals surface area contributed by atoms with Crippen molar-refractivity contribution in [1.82, 2.24) is 19.2 Å². The maximum absolute atomic E-state index is 9.31. The van der Waals surface area contributed by atoms with Gasteiger partial charge < -0.3 is 5.32 Å². The third-order valence-electron chi connectivity index (χ3n) is 3.58. The van der Waals surface area contributed by atoms with Crippen molar-refractivity contribution in [1.29, 1.82) is 5.26 Å². The summed E-state index contributed by atoms with van der Waals surface area (Å²) in [5, 5.41) is 17.0. The highest BCUT2D eigenvalue weighted by atomic mass is 15.3. The molecule has 0 aliphatic carbocycles. The highest BCUT2D eigenvalue weighted by Gasteiger charge is 2.10. The minimum Gasteiger partial charge on any atom is -0.368 e. The molecule has 3 rings (SSSR count). The molecular formula is C16H18N6. The van der Waals surface area contributed by atoms with Gasteiger partial charge in [-0.2, -0.15) is 10.4 Å². The number of imidazole rings is 1. The zero-order valence-electron chi connectivity index (χ0n) is 12.7. The summed E-state index contributed by atoms with van der Waals surface area (Å²) in [6.45, 7) is 5.65. The van der Waals surface area contributed by atoms with E-state index in [2.05, 4.69) is 34.5 Å². The summed E-state index contributed by atoms with van der Waals surface area (Å²) in [7, 11) is 0. The topological polar surface area (TPSA) is 70.9 Å². The first-order valence-corrected chi connectivity index (χ1v) is 7.31. The van der Waals surface area contributed by atoms with Gasteiger partial charge in [0, 0.05) is 25.0 Å². The SMILES string of the molecule is Cc1cc(C)n(CCCNc2nc3ccccn3c2C#N)n1. The quantitative estimate of drug-likeness (QED) is 0.734. The third-order valence-corrected chi connectivity index (χ3v) is 3.58.